The number of benzene rings is 1. The molecule has 0 saturated heterocycles. The summed E-state index contributed by atoms with van der Waals surface area (Å²) in [5.74, 6) is 0.128. The fraction of sp³-hybridized carbons (Fsp3) is 0.333. The molecule has 3 N–H and O–H groups in total. The molecule has 2 atom stereocenters. The quantitative estimate of drug-likeness (QED) is 0.912. The molecule has 104 valence electrons. The lowest BCUT2D eigenvalue weighted by molar-refractivity contribution is -0.119. The third-order valence-electron chi connectivity index (χ3n) is 3.65. The zero-order chi connectivity index (χ0) is 13.9. The van der Waals surface area contributed by atoms with Gasteiger partial charge in [-0.2, -0.15) is 0 Å². The lowest BCUT2D eigenvalue weighted by atomic mass is 10.1. The van der Waals surface area contributed by atoms with Crippen LogP contribution in [-0.2, 0) is 4.79 Å². The first-order valence-electron chi connectivity index (χ1n) is 6.79. The maximum atomic E-state index is 12.2. The number of amides is 1. The molecule has 1 heterocycles. The molecule has 4 nitrogen and oxygen atoms in total. The van der Waals surface area contributed by atoms with Crippen LogP contribution < -0.4 is 11.1 Å². The van der Waals surface area contributed by atoms with Gasteiger partial charge in [0.15, 0.2) is 0 Å². The Morgan fingerprint density at radius 1 is 1.40 bits per heavy atom. The van der Waals surface area contributed by atoms with E-state index in [9.17, 15) is 4.79 Å². The first-order chi connectivity index (χ1) is 9.72. The Bertz CT molecular complexity index is 597. The number of hydrogen-bond acceptors (Lipinski definition) is 4. The largest absolute Gasteiger partial charge is 0.328 e. The number of anilines is 1. The van der Waals surface area contributed by atoms with Gasteiger partial charge in [0.1, 0.15) is 5.01 Å². The van der Waals surface area contributed by atoms with Crippen LogP contribution >= 0.6 is 11.3 Å². The minimum Gasteiger partial charge on any atom is -0.328 e. The summed E-state index contributed by atoms with van der Waals surface area (Å²) in [6.45, 7) is 0. The van der Waals surface area contributed by atoms with Crippen molar-refractivity contribution in [3.63, 3.8) is 0 Å². The summed E-state index contributed by atoms with van der Waals surface area (Å²) in [6, 6.07) is 7.98. The summed E-state index contributed by atoms with van der Waals surface area (Å²) in [5, 5.41) is 5.90. The number of nitrogens with two attached hydrogens (primary N) is 1. The van der Waals surface area contributed by atoms with Crippen molar-refractivity contribution in [1.29, 1.82) is 0 Å². The van der Waals surface area contributed by atoms with Crippen LogP contribution in [0.2, 0.25) is 0 Å². The summed E-state index contributed by atoms with van der Waals surface area (Å²) in [4.78, 5) is 16.5. The molecule has 1 fully saturated rings. The monoisotopic (exact) mass is 287 g/mol. The van der Waals surface area contributed by atoms with E-state index in [1.54, 1.807) is 17.5 Å². The van der Waals surface area contributed by atoms with E-state index >= 15 is 0 Å². The number of carbonyl (C=O) groups excluding carboxylic acids is 1. The van der Waals surface area contributed by atoms with E-state index in [0.29, 0.717) is 0 Å². The molecule has 1 aromatic carbocycles. The minimum absolute atomic E-state index is 0.0496. The van der Waals surface area contributed by atoms with Crippen molar-refractivity contribution in [3.05, 3.63) is 35.8 Å². The van der Waals surface area contributed by atoms with Crippen molar-refractivity contribution in [3.8, 4) is 10.6 Å². The van der Waals surface area contributed by atoms with Crippen molar-refractivity contribution in [2.24, 2.45) is 11.7 Å². The second-order valence-corrected chi connectivity index (χ2v) is 6.07. The third kappa shape index (κ3) is 2.89. The predicted molar refractivity (Wildman–Crippen MR) is 81.5 cm³/mol. The standard InChI is InChI=1S/C15H17N3OS/c16-12-5-4-10(8-12)14(19)18-13-3-1-2-11(9-13)15-17-6-7-20-15/h1-3,6-7,9-10,12H,4-5,8,16H2,(H,18,19). The van der Waals surface area contributed by atoms with Gasteiger partial charge in [0.05, 0.1) is 0 Å². The smallest absolute Gasteiger partial charge is 0.227 e. The van der Waals surface area contributed by atoms with Gasteiger partial charge in [0.25, 0.3) is 0 Å². The van der Waals surface area contributed by atoms with E-state index < -0.39 is 0 Å². The maximum absolute atomic E-state index is 12.2. The lowest BCUT2D eigenvalue weighted by Gasteiger charge is -2.11. The summed E-state index contributed by atoms with van der Waals surface area (Å²) in [7, 11) is 0. The van der Waals surface area contributed by atoms with E-state index in [0.717, 1.165) is 35.5 Å². The van der Waals surface area contributed by atoms with Crippen LogP contribution in [0.15, 0.2) is 35.8 Å². The first kappa shape index (κ1) is 13.3. The number of rotatable bonds is 3. The van der Waals surface area contributed by atoms with Gasteiger partial charge >= 0.3 is 0 Å². The van der Waals surface area contributed by atoms with Crippen LogP contribution in [0.1, 0.15) is 19.3 Å². The van der Waals surface area contributed by atoms with Gasteiger partial charge in [0.2, 0.25) is 5.91 Å². The van der Waals surface area contributed by atoms with Gasteiger partial charge in [-0.1, -0.05) is 12.1 Å². The second-order valence-electron chi connectivity index (χ2n) is 5.18. The molecular formula is C15H17N3OS. The highest BCUT2D eigenvalue weighted by molar-refractivity contribution is 7.13. The van der Waals surface area contributed by atoms with Crippen molar-refractivity contribution in [1.82, 2.24) is 4.98 Å². The van der Waals surface area contributed by atoms with Gasteiger partial charge < -0.3 is 11.1 Å². The molecule has 2 unspecified atom stereocenters. The molecule has 1 saturated carbocycles. The molecule has 20 heavy (non-hydrogen) atoms. The van der Waals surface area contributed by atoms with Gasteiger partial charge in [-0.25, -0.2) is 4.98 Å². The van der Waals surface area contributed by atoms with Gasteiger partial charge in [0, 0.05) is 34.8 Å². The normalized spacial score (nSPS) is 21.9. The van der Waals surface area contributed by atoms with E-state index in [4.69, 9.17) is 5.73 Å². The molecule has 1 amide bonds. The summed E-state index contributed by atoms with van der Waals surface area (Å²) >= 11 is 1.59. The highest BCUT2D eigenvalue weighted by atomic mass is 32.1. The summed E-state index contributed by atoms with van der Waals surface area (Å²) < 4.78 is 0. The highest BCUT2D eigenvalue weighted by Crippen LogP contribution is 2.27. The highest BCUT2D eigenvalue weighted by Gasteiger charge is 2.27. The predicted octanol–water partition coefficient (Wildman–Crippen LogP) is 2.88. The molecule has 2 aromatic rings. The van der Waals surface area contributed by atoms with Crippen LogP contribution in [0.5, 0.6) is 0 Å². The Kier molecular flexibility index (Phi) is 3.80. The number of thiazole rings is 1. The Hall–Kier alpha value is -1.72. The first-order valence-corrected chi connectivity index (χ1v) is 7.67. The minimum atomic E-state index is 0.0496. The average Bonchev–Trinajstić information content (AvgIpc) is 3.10. The second kappa shape index (κ2) is 5.73. The number of nitrogens with one attached hydrogen (secondary N) is 1. The average molecular weight is 287 g/mol. The maximum Gasteiger partial charge on any atom is 0.227 e. The summed E-state index contributed by atoms with van der Waals surface area (Å²) in [5.41, 5.74) is 7.71. The van der Waals surface area contributed by atoms with Crippen molar-refractivity contribution in [2.45, 2.75) is 25.3 Å². The van der Waals surface area contributed by atoms with Gasteiger partial charge in [-0.3, -0.25) is 4.79 Å². The van der Waals surface area contributed by atoms with Crippen LogP contribution in [0.3, 0.4) is 0 Å². The van der Waals surface area contributed by atoms with Gasteiger partial charge in [-0.15, -0.1) is 11.3 Å². The number of aromatic nitrogens is 1. The van der Waals surface area contributed by atoms with Crippen molar-refractivity contribution >= 4 is 22.9 Å². The molecule has 1 aliphatic carbocycles. The van der Waals surface area contributed by atoms with Crippen LogP contribution in [-0.4, -0.2) is 16.9 Å². The number of carbonyl (C=O) groups is 1. The molecule has 0 aliphatic heterocycles. The molecule has 3 rings (SSSR count). The molecule has 1 aliphatic rings. The van der Waals surface area contributed by atoms with E-state index in [1.165, 1.54) is 0 Å². The molecule has 1 aromatic heterocycles. The summed E-state index contributed by atoms with van der Waals surface area (Å²) in [6.07, 6.45) is 4.40. The molecule has 5 heteroatoms. The van der Waals surface area contributed by atoms with Crippen LogP contribution in [0.25, 0.3) is 10.6 Å². The Balaban J connectivity index is 1.71. The SMILES string of the molecule is NC1CCC(C(=O)Nc2cccc(-c3nccs3)c2)C1. The fourth-order valence-electron chi connectivity index (χ4n) is 2.59. The fourth-order valence-corrected chi connectivity index (χ4v) is 3.23. The van der Waals surface area contributed by atoms with E-state index in [-0.39, 0.29) is 17.9 Å². The lowest BCUT2D eigenvalue weighted by Crippen LogP contribution is -2.23. The molecule has 0 bridgehead atoms. The van der Waals surface area contributed by atoms with Crippen molar-refractivity contribution < 1.29 is 4.79 Å². The Labute approximate surface area is 122 Å². The van der Waals surface area contributed by atoms with Crippen LogP contribution in [0.4, 0.5) is 5.69 Å². The topological polar surface area (TPSA) is 68.0 Å². The Morgan fingerprint density at radius 2 is 2.30 bits per heavy atom. The molecule has 0 spiro atoms. The van der Waals surface area contributed by atoms with Crippen molar-refractivity contribution in [2.75, 3.05) is 5.32 Å². The third-order valence-corrected chi connectivity index (χ3v) is 4.48. The zero-order valence-corrected chi connectivity index (χ0v) is 11.9. The van der Waals surface area contributed by atoms with Gasteiger partial charge in [-0.05, 0) is 31.4 Å². The molecular weight excluding hydrogens is 270 g/mol. The van der Waals surface area contributed by atoms with E-state index in [2.05, 4.69) is 10.3 Å². The Morgan fingerprint density at radius 3 is 3.00 bits per heavy atom. The zero-order valence-electron chi connectivity index (χ0n) is 11.1. The number of hydrogen-bond donors (Lipinski definition) is 2. The molecule has 0 radical (unpaired) electrons. The van der Waals surface area contributed by atoms with Crippen LogP contribution in [0, 0.1) is 5.92 Å². The van der Waals surface area contributed by atoms with E-state index in [1.807, 2.05) is 29.6 Å². The number of nitrogens with zero attached hydrogens (tertiary/aromatic N) is 1.